The lowest BCUT2D eigenvalue weighted by Crippen LogP contribution is -2.44. The number of piperidine rings is 1. The van der Waals surface area contributed by atoms with Crippen molar-refractivity contribution in [2.75, 3.05) is 32.7 Å². The molecular formula is C25H35N3O3. The van der Waals surface area contributed by atoms with Gasteiger partial charge >= 0.3 is 0 Å². The smallest absolute Gasteiger partial charge is 0.251 e. The van der Waals surface area contributed by atoms with Crippen LogP contribution in [0.25, 0.3) is 0 Å². The Morgan fingerprint density at radius 2 is 1.77 bits per heavy atom. The fourth-order valence-corrected chi connectivity index (χ4v) is 4.85. The van der Waals surface area contributed by atoms with Crippen molar-refractivity contribution in [2.24, 2.45) is 0 Å². The number of hydrogen-bond acceptors (Lipinski definition) is 5. The summed E-state index contributed by atoms with van der Waals surface area (Å²) in [5, 5.41) is 3.13. The molecule has 2 fully saturated rings. The predicted molar refractivity (Wildman–Crippen MR) is 121 cm³/mol. The zero-order valence-corrected chi connectivity index (χ0v) is 18.8. The first kappa shape index (κ1) is 22.1. The van der Waals surface area contributed by atoms with E-state index in [0.29, 0.717) is 12.1 Å². The van der Waals surface area contributed by atoms with Crippen LogP contribution >= 0.6 is 0 Å². The standard InChI is InChI=1S/C25H35N3O3/c1-19-16-27(17-20(2)31-19)18-21-8-10-22(11-9-21)25(29)26-15-23(24-7-6-14-30-24)28-12-4-3-5-13-28/h6-11,14,19-20,23H,3-5,12-13,15-18H2,1-2H3,(H,26,29). The van der Waals surface area contributed by atoms with Crippen molar-refractivity contribution in [1.82, 2.24) is 15.1 Å². The van der Waals surface area contributed by atoms with Crippen LogP contribution in [0.4, 0.5) is 0 Å². The van der Waals surface area contributed by atoms with Gasteiger partial charge in [-0.1, -0.05) is 18.6 Å². The molecule has 4 rings (SSSR count). The molecule has 2 saturated heterocycles. The van der Waals surface area contributed by atoms with Crippen molar-refractivity contribution in [3.05, 3.63) is 59.5 Å². The van der Waals surface area contributed by atoms with Crippen LogP contribution in [0.2, 0.25) is 0 Å². The second-order valence-electron chi connectivity index (χ2n) is 8.99. The quantitative estimate of drug-likeness (QED) is 0.730. The molecule has 168 valence electrons. The highest BCUT2D eigenvalue weighted by molar-refractivity contribution is 5.94. The molecule has 0 saturated carbocycles. The third-order valence-electron chi connectivity index (χ3n) is 6.28. The number of morpholine rings is 1. The lowest BCUT2D eigenvalue weighted by atomic mass is 10.1. The molecular weight excluding hydrogens is 390 g/mol. The molecule has 0 spiro atoms. The SMILES string of the molecule is CC1CN(Cc2ccc(C(=O)NCC(c3ccco3)N3CCCCC3)cc2)CC(C)O1. The average Bonchev–Trinajstić information content (AvgIpc) is 3.29. The fraction of sp³-hybridized carbons (Fsp3) is 0.560. The lowest BCUT2D eigenvalue weighted by Gasteiger charge is -2.35. The monoisotopic (exact) mass is 425 g/mol. The molecule has 2 aromatic rings. The summed E-state index contributed by atoms with van der Waals surface area (Å²) in [7, 11) is 0. The fourth-order valence-electron chi connectivity index (χ4n) is 4.85. The molecule has 1 N–H and O–H groups in total. The number of nitrogens with zero attached hydrogens (tertiary/aromatic N) is 2. The number of carbonyl (C=O) groups excluding carboxylic acids is 1. The van der Waals surface area contributed by atoms with E-state index < -0.39 is 0 Å². The van der Waals surface area contributed by atoms with Gasteiger partial charge in [-0.2, -0.15) is 0 Å². The van der Waals surface area contributed by atoms with Gasteiger partial charge in [0, 0.05) is 31.7 Å². The minimum Gasteiger partial charge on any atom is -0.468 e. The van der Waals surface area contributed by atoms with E-state index >= 15 is 0 Å². The number of ether oxygens (including phenoxy) is 1. The first-order chi connectivity index (χ1) is 15.1. The highest BCUT2D eigenvalue weighted by Gasteiger charge is 2.25. The Hall–Kier alpha value is -2.15. The minimum atomic E-state index is -0.0336. The van der Waals surface area contributed by atoms with Crippen LogP contribution in [-0.4, -0.2) is 60.6 Å². The summed E-state index contributed by atoms with van der Waals surface area (Å²) in [6.45, 7) is 9.66. The van der Waals surface area contributed by atoms with E-state index in [1.54, 1.807) is 6.26 Å². The van der Waals surface area contributed by atoms with E-state index in [-0.39, 0.29) is 24.2 Å². The molecule has 1 aromatic heterocycles. The normalized spacial score (nSPS) is 24.1. The zero-order chi connectivity index (χ0) is 21.6. The summed E-state index contributed by atoms with van der Waals surface area (Å²) in [5.74, 6) is 0.889. The van der Waals surface area contributed by atoms with Gasteiger partial charge in [-0.25, -0.2) is 0 Å². The molecule has 1 amide bonds. The molecule has 2 aliphatic rings. The van der Waals surface area contributed by atoms with Crippen LogP contribution < -0.4 is 5.32 Å². The molecule has 0 aliphatic carbocycles. The first-order valence-corrected chi connectivity index (χ1v) is 11.6. The summed E-state index contributed by atoms with van der Waals surface area (Å²) in [6.07, 6.45) is 5.91. The van der Waals surface area contributed by atoms with Crippen molar-refractivity contribution < 1.29 is 13.9 Å². The maximum atomic E-state index is 12.8. The zero-order valence-electron chi connectivity index (χ0n) is 18.8. The van der Waals surface area contributed by atoms with Gasteiger partial charge in [0.15, 0.2) is 0 Å². The molecule has 3 heterocycles. The number of carbonyl (C=O) groups is 1. The van der Waals surface area contributed by atoms with Crippen molar-refractivity contribution in [1.29, 1.82) is 0 Å². The Labute approximate surface area is 185 Å². The van der Waals surface area contributed by atoms with Crippen molar-refractivity contribution >= 4 is 5.91 Å². The van der Waals surface area contributed by atoms with E-state index in [2.05, 4.69) is 41.1 Å². The third-order valence-corrected chi connectivity index (χ3v) is 6.28. The Morgan fingerprint density at radius 3 is 2.42 bits per heavy atom. The highest BCUT2D eigenvalue weighted by atomic mass is 16.5. The Balaban J connectivity index is 1.33. The maximum absolute atomic E-state index is 12.8. The Bertz CT molecular complexity index is 805. The molecule has 3 atom stereocenters. The van der Waals surface area contributed by atoms with E-state index in [4.69, 9.17) is 9.15 Å². The first-order valence-electron chi connectivity index (χ1n) is 11.6. The van der Waals surface area contributed by atoms with Crippen LogP contribution in [0, 0.1) is 0 Å². The van der Waals surface area contributed by atoms with Gasteiger partial charge in [-0.05, 0) is 69.6 Å². The van der Waals surface area contributed by atoms with Gasteiger partial charge in [0.25, 0.3) is 5.91 Å². The Morgan fingerprint density at radius 1 is 1.06 bits per heavy atom. The van der Waals surface area contributed by atoms with Crippen LogP contribution in [0.15, 0.2) is 47.1 Å². The van der Waals surface area contributed by atoms with Crippen LogP contribution in [0.3, 0.4) is 0 Å². The second kappa shape index (κ2) is 10.4. The van der Waals surface area contributed by atoms with Gasteiger partial charge < -0.3 is 14.5 Å². The van der Waals surface area contributed by atoms with Gasteiger partial charge in [-0.15, -0.1) is 0 Å². The molecule has 6 heteroatoms. The average molecular weight is 426 g/mol. The van der Waals surface area contributed by atoms with Gasteiger partial charge in [-0.3, -0.25) is 14.6 Å². The third kappa shape index (κ3) is 5.97. The molecule has 0 radical (unpaired) electrons. The van der Waals surface area contributed by atoms with Gasteiger partial charge in [0.2, 0.25) is 0 Å². The van der Waals surface area contributed by atoms with Crippen molar-refractivity contribution in [3.8, 4) is 0 Å². The number of hydrogen-bond donors (Lipinski definition) is 1. The van der Waals surface area contributed by atoms with E-state index in [1.165, 1.54) is 24.8 Å². The van der Waals surface area contributed by atoms with Crippen LogP contribution in [0.5, 0.6) is 0 Å². The van der Waals surface area contributed by atoms with E-state index in [0.717, 1.165) is 38.5 Å². The number of nitrogens with one attached hydrogen (secondary N) is 1. The summed E-state index contributed by atoms with van der Waals surface area (Å²) in [4.78, 5) is 17.6. The number of likely N-dealkylation sites (tertiary alicyclic amines) is 1. The summed E-state index contributed by atoms with van der Waals surface area (Å²) >= 11 is 0. The number of benzene rings is 1. The van der Waals surface area contributed by atoms with Crippen LogP contribution in [0.1, 0.15) is 60.8 Å². The van der Waals surface area contributed by atoms with Crippen molar-refractivity contribution in [3.63, 3.8) is 0 Å². The predicted octanol–water partition coefficient (Wildman–Crippen LogP) is 3.85. The van der Waals surface area contributed by atoms with E-state index in [1.807, 2.05) is 24.3 Å². The molecule has 0 bridgehead atoms. The molecule has 2 aliphatic heterocycles. The number of furan rings is 1. The highest BCUT2D eigenvalue weighted by Crippen LogP contribution is 2.24. The minimum absolute atomic E-state index is 0.0336. The maximum Gasteiger partial charge on any atom is 0.251 e. The molecule has 1 aromatic carbocycles. The molecule has 31 heavy (non-hydrogen) atoms. The van der Waals surface area contributed by atoms with E-state index in [9.17, 15) is 4.79 Å². The summed E-state index contributed by atoms with van der Waals surface area (Å²) in [6, 6.07) is 12.0. The lowest BCUT2D eigenvalue weighted by molar-refractivity contribution is -0.0704. The number of amides is 1. The second-order valence-corrected chi connectivity index (χ2v) is 8.99. The summed E-state index contributed by atoms with van der Waals surface area (Å²) < 4.78 is 11.5. The van der Waals surface area contributed by atoms with Gasteiger partial charge in [0.05, 0.1) is 24.5 Å². The largest absolute Gasteiger partial charge is 0.468 e. The van der Waals surface area contributed by atoms with Crippen LogP contribution in [-0.2, 0) is 11.3 Å². The Kier molecular flexibility index (Phi) is 7.43. The van der Waals surface area contributed by atoms with Crippen molar-refractivity contribution in [2.45, 2.75) is 57.9 Å². The molecule has 3 unspecified atom stereocenters. The molecule has 6 nitrogen and oxygen atoms in total. The topological polar surface area (TPSA) is 58.0 Å². The number of rotatable bonds is 7. The summed E-state index contributed by atoms with van der Waals surface area (Å²) in [5.41, 5.74) is 1.92. The van der Waals surface area contributed by atoms with Gasteiger partial charge in [0.1, 0.15) is 5.76 Å².